The zero-order valence-corrected chi connectivity index (χ0v) is 9.04. The van der Waals surface area contributed by atoms with Crippen LogP contribution in [0.4, 0.5) is 0 Å². The zero-order valence-electron chi connectivity index (χ0n) is 9.04. The SMILES string of the molecule is O=C(O)[C@@H]1CCCN1C(=O)c1ncccc1O. The van der Waals surface area contributed by atoms with Gasteiger partial charge in [0.1, 0.15) is 11.8 Å². The van der Waals surface area contributed by atoms with Crippen molar-refractivity contribution >= 4 is 11.9 Å². The summed E-state index contributed by atoms with van der Waals surface area (Å²) in [5.74, 6) is -1.78. The fourth-order valence-electron chi connectivity index (χ4n) is 1.96. The Balaban J connectivity index is 2.26. The Morgan fingerprint density at radius 3 is 2.88 bits per heavy atom. The number of likely N-dealkylation sites (tertiary alicyclic amines) is 1. The summed E-state index contributed by atoms with van der Waals surface area (Å²) in [5.41, 5.74) is -0.0966. The number of carbonyl (C=O) groups excluding carboxylic acids is 1. The third kappa shape index (κ3) is 2.06. The minimum Gasteiger partial charge on any atom is -0.505 e. The normalized spacial score (nSPS) is 19.3. The summed E-state index contributed by atoms with van der Waals surface area (Å²) in [5, 5.41) is 18.5. The minimum atomic E-state index is -1.02. The molecular weight excluding hydrogens is 224 g/mol. The Kier molecular flexibility index (Phi) is 2.95. The van der Waals surface area contributed by atoms with Gasteiger partial charge >= 0.3 is 5.97 Å². The molecule has 90 valence electrons. The van der Waals surface area contributed by atoms with Crippen LogP contribution in [0.3, 0.4) is 0 Å². The molecule has 17 heavy (non-hydrogen) atoms. The van der Waals surface area contributed by atoms with Crippen LogP contribution in [0.5, 0.6) is 5.75 Å². The van der Waals surface area contributed by atoms with E-state index in [0.717, 1.165) is 0 Å². The zero-order chi connectivity index (χ0) is 12.4. The molecule has 2 heterocycles. The van der Waals surface area contributed by atoms with Crippen molar-refractivity contribution in [2.24, 2.45) is 0 Å². The van der Waals surface area contributed by atoms with Crippen LogP contribution in [0, 0.1) is 0 Å². The number of nitrogens with zero attached hydrogens (tertiary/aromatic N) is 2. The number of carboxylic acids is 1. The summed E-state index contributed by atoms with van der Waals surface area (Å²) in [6.45, 7) is 0.381. The molecule has 1 aromatic rings. The first-order chi connectivity index (χ1) is 8.11. The van der Waals surface area contributed by atoms with Gasteiger partial charge in [-0.1, -0.05) is 0 Å². The third-order valence-corrected chi connectivity index (χ3v) is 2.79. The summed E-state index contributed by atoms with van der Waals surface area (Å²) < 4.78 is 0. The average molecular weight is 236 g/mol. The van der Waals surface area contributed by atoms with Gasteiger partial charge in [0.15, 0.2) is 5.69 Å². The Bertz CT molecular complexity index is 461. The van der Waals surface area contributed by atoms with Crippen molar-refractivity contribution < 1.29 is 19.8 Å². The van der Waals surface area contributed by atoms with Gasteiger partial charge in [-0.2, -0.15) is 0 Å². The van der Waals surface area contributed by atoms with Crippen molar-refractivity contribution in [2.75, 3.05) is 6.54 Å². The highest BCUT2D eigenvalue weighted by molar-refractivity contribution is 5.97. The molecule has 0 bridgehead atoms. The molecule has 1 aliphatic heterocycles. The van der Waals surface area contributed by atoms with Crippen LogP contribution in [0.25, 0.3) is 0 Å². The van der Waals surface area contributed by atoms with E-state index in [1.54, 1.807) is 0 Å². The van der Waals surface area contributed by atoms with E-state index in [1.165, 1.54) is 23.2 Å². The smallest absolute Gasteiger partial charge is 0.326 e. The Morgan fingerprint density at radius 1 is 1.47 bits per heavy atom. The lowest BCUT2D eigenvalue weighted by atomic mass is 10.2. The highest BCUT2D eigenvalue weighted by atomic mass is 16.4. The van der Waals surface area contributed by atoms with Gasteiger partial charge in [-0.05, 0) is 25.0 Å². The maximum Gasteiger partial charge on any atom is 0.326 e. The van der Waals surface area contributed by atoms with Gasteiger partial charge in [0.25, 0.3) is 5.91 Å². The standard InChI is InChI=1S/C11H12N2O4/c14-8-4-1-5-12-9(8)10(15)13-6-2-3-7(13)11(16)17/h1,4-5,7,14H,2-3,6H2,(H,16,17)/t7-/m0/s1. The summed E-state index contributed by atoms with van der Waals surface area (Å²) in [6, 6.07) is 2.04. The largest absolute Gasteiger partial charge is 0.505 e. The van der Waals surface area contributed by atoms with Gasteiger partial charge in [-0.3, -0.25) is 4.79 Å². The lowest BCUT2D eigenvalue weighted by Gasteiger charge is -2.21. The molecule has 0 spiro atoms. The summed E-state index contributed by atoms with van der Waals surface area (Å²) in [6.07, 6.45) is 2.48. The van der Waals surface area contributed by atoms with Gasteiger partial charge in [0, 0.05) is 12.7 Å². The molecule has 6 heteroatoms. The van der Waals surface area contributed by atoms with E-state index >= 15 is 0 Å². The second kappa shape index (κ2) is 4.40. The molecule has 1 aromatic heterocycles. The second-order valence-electron chi connectivity index (χ2n) is 3.87. The van der Waals surface area contributed by atoms with Gasteiger partial charge in [0.05, 0.1) is 0 Å². The number of hydrogen-bond acceptors (Lipinski definition) is 4. The van der Waals surface area contributed by atoms with Crippen LogP contribution in [-0.2, 0) is 4.79 Å². The Morgan fingerprint density at radius 2 is 2.24 bits per heavy atom. The van der Waals surface area contributed by atoms with Crippen LogP contribution in [-0.4, -0.2) is 44.6 Å². The predicted octanol–water partition coefficient (Wildman–Crippen LogP) is 0.476. The van der Waals surface area contributed by atoms with Crippen molar-refractivity contribution in [3.8, 4) is 5.75 Å². The first-order valence-electron chi connectivity index (χ1n) is 5.29. The van der Waals surface area contributed by atoms with Crippen LogP contribution >= 0.6 is 0 Å². The molecule has 1 amide bonds. The average Bonchev–Trinajstić information content (AvgIpc) is 2.77. The van der Waals surface area contributed by atoms with Crippen molar-refractivity contribution in [1.82, 2.24) is 9.88 Å². The van der Waals surface area contributed by atoms with Crippen LogP contribution in [0.2, 0.25) is 0 Å². The molecule has 0 aromatic carbocycles. The van der Waals surface area contributed by atoms with Crippen LogP contribution in [0.15, 0.2) is 18.3 Å². The van der Waals surface area contributed by atoms with Gasteiger partial charge in [0.2, 0.25) is 0 Å². The maximum atomic E-state index is 12.0. The van der Waals surface area contributed by atoms with Crippen LogP contribution in [0.1, 0.15) is 23.3 Å². The summed E-state index contributed by atoms with van der Waals surface area (Å²) >= 11 is 0. The van der Waals surface area contributed by atoms with Crippen molar-refractivity contribution in [3.63, 3.8) is 0 Å². The number of carboxylic acid groups (broad SMARTS) is 1. The molecular formula is C11H12N2O4. The topological polar surface area (TPSA) is 90.7 Å². The van der Waals surface area contributed by atoms with Gasteiger partial charge < -0.3 is 15.1 Å². The first-order valence-corrected chi connectivity index (χ1v) is 5.29. The van der Waals surface area contributed by atoms with Crippen molar-refractivity contribution in [3.05, 3.63) is 24.0 Å². The number of aromatic nitrogens is 1. The predicted molar refractivity (Wildman–Crippen MR) is 57.6 cm³/mol. The molecule has 1 fully saturated rings. The van der Waals surface area contributed by atoms with E-state index < -0.39 is 17.9 Å². The highest BCUT2D eigenvalue weighted by Crippen LogP contribution is 2.22. The number of pyridine rings is 1. The maximum absolute atomic E-state index is 12.0. The minimum absolute atomic E-state index is 0.0966. The molecule has 6 nitrogen and oxygen atoms in total. The van der Waals surface area contributed by atoms with E-state index in [4.69, 9.17) is 5.11 Å². The molecule has 0 radical (unpaired) electrons. The molecule has 1 aliphatic rings. The molecule has 0 unspecified atom stereocenters. The fourth-order valence-corrected chi connectivity index (χ4v) is 1.96. The quantitative estimate of drug-likeness (QED) is 0.779. The van der Waals surface area contributed by atoms with Crippen molar-refractivity contribution in [1.29, 1.82) is 0 Å². The first kappa shape index (κ1) is 11.4. The lowest BCUT2D eigenvalue weighted by molar-refractivity contribution is -0.141. The number of carbonyl (C=O) groups is 2. The highest BCUT2D eigenvalue weighted by Gasteiger charge is 2.35. The number of hydrogen-bond donors (Lipinski definition) is 2. The summed E-state index contributed by atoms with van der Waals surface area (Å²) in [4.78, 5) is 28.0. The van der Waals surface area contributed by atoms with Gasteiger partial charge in [-0.15, -0.1) is 0 Å². The number of aromatic hydroxyl groups is 1. The monoisotopic (exact) mass is 236 g/mol. The third-order valence-electron chi connectivity index (χ3n) is 2.79. The van der Waals surface area contributed by atoms with Crippen molar-refractivity contribution in [2.45, 2.75) is 18.9 Å². The van der Waals surface area contributed by atoms with Gasteiger partial charge in [-0.25, -0.2) is 9.78 Å². The molecule has 2 rings (SSSR count). The Hall–Kier alpha value is -2.11. The molecule has 0 aliphatic carbocycles. The lowest BCUT2D eigenvalue weighted by Crippen LogP contribution is -2.40. The second-order valence-corrected chi connectivity index (χ2v) is 3.87. The molecule has 2 N–H and O–H groups in total. The fraction of sp³-hybridized carbons (Fsp3) is 0.364. The van der Waals surface area contributed by atoms with E-state index in [0.29, 0.717) is 19.4 Å². The number of amides is 1. The van der Waals surface area contributed by atoms with E-state index in [1.807, 2.05) is 0 Å². The number of rotatable bonds is 2. The number of aliphatic carboxylic acids is 1. The van der Waals surface area contributed by atoms with E-state index in [-0.39, 0.29) is 11.4 Å². The van der Waals surface area contributed by atoms with Crippen LogP contribution < -0.4 is 0 Å². The molecule has 1 saturated heterocycles. The summed E-state index contributed by atoms with van der Waals surface area (Å²) in [7, 11) is 0. The van der Waals surface area contributed by atoms with E-state index in [2.05, 4.69) is 4.98 Å². The Labute approximate surface area is 97.5 Å². The molecule has 0 saturated carbocycles. The van der Waals surface area contributed by atoms with E-state index in [9.17, 15) is 14.7 Å². The molecule has 1 atom stereocenters.